The van der Waals surface area contributed by atoms with Gasteiger partial charge in [-0.25, -0.2) is 0 Å². The molecule has 0 unspecified atom stereocenters. The van der Waals surface area contributed by atoms with Gasteiger partial charge in [-0.3, -0.25) is 0 Å². The fraction of sp³-hybridized carbons (Fsp3) is 0.154. The van der Waals surface area contributed by atoms with Crippen molar-refractivity contribution < 1.29 is 0 Å². The third-order valence-corrected chi connectivity index (χ3v) is 8.56. The molecule has 1 heteroatoms. The van der Waals surface area contributed by atoms with Crippen molar-refractivity contribution in [2.45, 2.75) is 27.2 Å². The van der Waals surface area contributed by atoms with Gasteiger partial charge in [0.15, 0.2) is 8.80 Å². The summed E-state index contributed by atoms with van der Waals surface area (Å²) in [6.07, 6.45) is 1.07. The topological polar surface area (TPSA) is 0 Å². The average Bonchev–Trinajstić information content (AvgIpc) is 2.99. The van der Waals surface area contributed by atoms with E-state index in [9.17, 15) is 0 Å². The van der Waals surface area contributed by atoms with E-state index in [2.05, 4.69) is 106 Å². The van der Waals surface area contributed by atoms with E-state index in [1.54, 1.807) is 5.20 Å². The summed E-state index contributed by atoms with van der Waals surface area (Å²) in [5.41, 5.74) is 7.23. The van der Waals surface area contributed by atoms with Gasteiger partial charge in [-0.05, 0) is 49.1 Å². The van der Waals surface area contributed by atoms with E-state index in [0.29, 0.717) is 0 Å². The van der Waals surface area contributed by atoms with Gasteiger partial charge < -0.3 is 0 Å². The van der Waals surface area contributed by atoms with Gasteiger partial charge in [0.25, 0.3) is 0 Å². The number of hydrogen-bond donors (Lipinski definition) is 0. The Kier molecular flexibility index (Phi) is 4.96. The number of aryl methyl sites for hydroxylation is 1. The summed E-state index contributed by atoms with van der Waals surface area (Å²) in [4.78, 5) is 0. The van der Waals surface area contributed by atoms with Gasteiger partial charge in [0.2, 0.25) is 0 Å². The molecule has 0 nitrogen and oxygen atoms in total. The Morgan fingerprint density at radius 1 is 0.667 bits per heavy atom. The van der Waals surface area contributed by atoms with Crippen molar-refractivity contribution in [3.63, 3.8) is 0 Å². The fourth-order valence-corrected chi connectivity index (χ4v) is 7.18. The molecule has 0 heterocycles. The summed E-state index contributed by atoms with van der Waals surface area (Å²) in [7, 11) is -1.00. The number of allylic oxidation sites excluding steroid dienone is 4. The van der Waals surface area contributed by atoms with Crippen LogP contribution in [0.5, 0.6) is 0 Å². The quantitative estimate of drug-likeness (QED) is 0.548. The molecule has 0 amide bonds. The fourth-order valence-electron chi connectivity index (χ4n) is 4.17. The van der Waals surface area contributed by atoms with Crippen LogP contribution >= 0.6 is 0 Å². The van der Waals surface area contributed by atoms with Gasteiger partial charge in [-0.1, -0.05) is 106 Å². The summed E-state index contributed by atoms with van der Waals surface area (Å²) >= 11 is 0. The van der Waals surface area contributed by atoms with Crippen LogP contribution in [0.15, 0.2) is 101 Å². The van der Waals surface area contributed by atoms with Crippen LogP contribution in [0.4, 0.5) is 0 Å². The Bertz CT molecular complexity index is 971. The molecule has 0 aliphatic heterocycles. The van der Waals surface area contributed by atoms with Gasteiger partial charge >= 0.3 is 0 Å². The van der Waals surface area contributed by atoms with Gasteiger partial charge in [-0.15, -0.1) is 0 Å². The number of rotatable bonds is 4. The summed E-state index contributed by atoms with van der Waals surface area (Å²) in [5, 5.41) is 4.52. The van der Waals surface area contributed by atoms with Crippen molar-refractivity contribution in [1.82, 2.24) is 0 Å². The highest BCUT2D eigenvalue weighted by atomic mass is 28.3. The van der Waals surface area contributed by atoms with E-state index < -0.39 is 8.80 Å². The largest absolute Gasteiger partial charge is 0.154 e. The van der Waals surface area contributed by atoms with Gasteiger partial charge in [0, 0.05) is 0 Å². The maximum Gasteiger partial charge on any atom is 0.154 e. The van der Waals surface area contributed by atoms with Crippen molar-refractivity contribution in [2.75, 3.05) is 0 Å². The predicted molar refractivity (Wildman–Crippen MR) is 119 cm³/mol. The molecule has 0 saturated heterocycles. The molecule has 0 saturated carbocycles. The summed E-state index contributed by atoms with van der Waals surface area (Å²) in [6.45, 7) is 6.84. The van der Waals surface area contributed by atoms with E-state index >= 15 is 0 Å². The lowest BCUT2D eigenvalue weighted by Gasteiger charge is -2.20. The molecule has 1 radical (unpaired) electrons. The predicted octanol–water partition coefficient (Wildman–Crippen LogP) is 5.34. The molecular formula is C26H25Si. The first-order valence-electron chi connectivity index (χ1n) is 9.60. The minimum atomic E-state index is -1.00. The smallest absolute Gasteiger partial charge is 0.0688 e. The Morgan fingerprint density at radius 2 is 1.26 bits per heavy atom. The molecule has 27 heavy (non-hydrogen) atoms. The first-order valence-corrected chi connectivity index (χ1v) is 11.1. The normalized spacial score (nSPS) is 14.4. The summed E-state index contributed by atoms with van der Waals surface area (Å²) in [5.74, 6) is 0. The summed E-state index contributed by atoms with van der Waals surface area (Å²) < 4.78 is 0. The lowest BCUT2D eigenvalue weighted by molar-refractivity contribution is 1.25. The monoisotopic (exact) mass is 365 g/mol. The zero-order valence-electron chi connectivity index (χ0n) is 16.3. The van der Waals surface area contributed by atoms with Crippen LogP contribution in [0.1, 0.15) is 31.4 Å². The van der Waals surface area contributed by atoms with Crippen molar-refractivity contribution >= 4 is 24.7 Å². The minimum Gasteiger partial charge on any atom is -0.0688 e. The molecule has 1 aliphatic rings. The molecule has 1 aliphatic carbocycles. The van der Waals surface area contributed by atoms with Crippen LogP contribution in [-0.4, -0.2) is 8.80 Å². The van der Waals surface area contributed by atoms with Gasteiger partial charge in [0.1, 0.15) is 0 Å². The highest BCUT2D eigenvalue weighted by Crippen LogP contribution is 2.39. The highest BCUT2D eigenvalue weighted by molar-refractivity contribution is 6.91. The Balaban J connectivity index is 1.86. The molecular weight excluding hydrogens is 340 g/mol. The minimum absolute atomic E-state index is 1.00. The van der Waals surface area contributed by atoms with Crippen molar-refractivity contribution in [3.8, 4) is 0 Å². The van der Waals surface area contributed by atoms with Crippen LogP contribution in [0, 0.1) is 6.92 Å². The van der Waals surface area contributed by atoms with Crippen LogP contribution in [-0.2, 0) is 0 Å². The van der Waals surface area contributed by atoms with Crippen LogP contribution in [0.25, 0.3) is 5.57 Å². The molecule has 0 N–H and O–H groups in total. The van der Waals surface area contributed by atoms with Crippen molar-refractivity contribution in [3.05, 3.63) is 112 Å². The van der Waals surface area contributed by atoms with E-state index in [-0.39, 0.29) is 0 Å². The molecule has 133 valence electrons. The van der Waals surface area contributed by atoms with E-state index in [1.165, 1.54) is 38.2 Å². The van der Waals surface area contributed by atoms with E-state index in [1.807, 2.05) is 0 Å². The van der Waals surface area contributed by atoms with Crippen LogP contribution in [0.3, 0.4) is 0 Å². The number of benzene rings is 3. The zero-order valence-corrected chi connectivity index (χ0v) is 17.3. The van der Waals surface area contributed by atoms with Gasteiger partial charge in [-0.2, -0.15) is 0 Å². The maximum atomic E-state index is 2.33. The highest BCUT2D eigenvalue weighted by Gasteiger charge is 2.30. The Morgan fingerprint density at radius 3 is 1.81 bits per heavy atom. The molecule has 0 atom stereocenters. The third-order valence-electron chi connectivity index (χ3n) is 5.44. The molecule has 0 bridgehead atoms. The molecule has 3 aromatic carbocycles. The van der Waals surface area contributed by atoms with Crippen LogP contribution < -0.4 is 10.4 Å². The third kappa shape index (κ3) is 3.48. The first-order chi connectivity index (χ1) is 13.1. The molecule has 0 fully saturated rings. The second kappa shape index (κ2) is 7.54. The SMILES string of the molecule is CC1=C([Si](c2ccccc2)c2ccccc2)C(C)=C(c2cccc(C)c2)C1. The second-order valence-corrected chi connectivity index (χ2v) is 9.82. The lowest BCUT2D eigenvalue weighted by Crippen LogP contribution is -2.44. The van der Waals surface area contributed by atoms with E-state index in [4.69, 9.17) is 0 Å². The Labute approximate surface area is 164 Å². The van der Waals surface area contributed by atoms with E-state index in [0.717, 1.165) is 6.42 Å². The average molecular weight is 366 g/mol. The van der Waals surface area contributed by atoms with Crippen LogP contribution in [0.2, 0.25) is 0 Å². The molecule has 3 aromatic rings. The first kappa shape index (κ1) is 17.8. The molecule has 0 spiro atoms. The van der Waals surface area contributed by atoms with Crippen molar-refractivity contribution in [1.29, 1.82) is 0 Å². The van der Waals surface area contributed by atoms with Gasteiger partial charge in [0.05, 0.1) is 0 Å². The van der Waals surface area contributed by atoms with Crippen molar-refractivity contribution in [2.24, 2.45) is 0 Å². The molecule has 0 aromatic heterocycles. The number of hydrogen-bond acceptors (Lipinski definition) is 0. The lowest BCUT2D eigenvalue weighted by atomic mass is 9.99. The summed E-state index contributed by atoms with van der Waals surface area (Å²) in [6, 6.07) is 31.1. The Hall–Kier alpha value is -2.64. The molecule has 4 rings (SSSR count). The standard InChI is InChI=1S/C26H25Si/c1-19-11-10-12-22(17-19)25-18-20(2)26(21(25)3)27(23-13-6-4-7-14-23)24-15-8-5-9-16-24/h4-17H,18H2,1-3H3. The second-order valence-electron chi connectivity index (χ2n) is 7.41. The zero-order chi connectivity index (χ0) is 18.8. The maximum absolute atomic E-state index is 2.33.